The molecule has 0 N–H and O–H groups in total. The van der Waals surface area contributed by atoms with Gasteiger partial charge < -0.3 is 9.47 Å². The van der Waals surface area contributed by atoms with Gasteiger partial charge in [0.15, 0.2) is 5.41 Å². The Labute approximate surface area is 194 Å². The zero-order valence-electron chi connectivity index (χ0n) is 19.7. The molecule has 0 spiro atoms. The number of hydrogen-bond donors (Lipinski definition) is 0. The quantitative estimate of drug-likeness (QED) is 0.157. The van der Waals surface area contributed by atoms with Crippen molar-refractivity contribution in [1.82, 2.24) is 0 Å². The van der Waals surface area contributed by atoms with E-state index in [0.29, 0.717) is 0 Å². The lowest BCUT2D eigenvalue weighted by Gasteiger charge is -2.24. The fourth-order valence-corrected chi connectivity index (χ4v) is 4.42. The molecule has 0 aromatic heterocycles. The number of rotatable bonds is 16. The molecule has 0 aromatic rings. The molecule has 0 aromatic carbocycles. The van der Waals surface area contributed by atoms with Crippen LogP contribution in [-0.2, 0) is 57.3 Å². The molecule has 0 saturated heterocycles. The molecule has 0 bridgehead atoms. The summed E-state index contributed by atoms with van der Waals surface area (Å²) in [7, 11) is -8.61. The van der Waals surface area contributed by atoms with Gasteiger partial charge in [-0.05, 0) is 48.0 Å². The van der Waals surface area contributed by atoms with Crippen molar-refractivity contribution in [2.75, 3.05) is 37.9 Å². The van der Waals surface area contributed by atoms with Crippen LogP contribution in [0.4, 0.5) is 0 Å². The number of hydrogen-bond acceptors (Lipinski definition) is 12. The van der Waals surface area contributed by atoms with E-state index in [0.717, 1.165) is 20.8 Å². The number of ketones is 2. The van der Waals surface area contributed by atoms with Crippen LogP contribution in [-0.4, -0.2) is 78.3 Å². The summed E-state index contributed by atoms with van der Waals surface area (Å²) in [6.45, 7) is 5.87. The van der Waals surface area contributed by atoms with Gasteiger partial charge in [0.2, 0.25) is 0 Å². The second kappa shape index (κ2) is 12.5. The Balaban J connectivity index is 5.05. The monoisotopic (exact) mass is 516 g/mol. The van der Waals surface area contributed by atoms with Crippen LogP contribution in [0.1, 0.15) is 48.0 Å². The highest BCUT2D eigenvalue weighted by molar-refractivity contribution is 7.87. The van der Waals surface area contributed by atoms with E-state index >= 15 is 0 Å². The third-order valence-electron chi connectivity index (χ3n) is 4.85. The summed E-state index contributed by atoms with van der Waals surface area (Å²) in [5.41, 5.74) is -3.69. The van der Waals surface area contributed by atoms with Crippen molar-refractivity contribution >= 4 is 43.7 Å². The largest absolute Gasteiger partial charge is 0.465 e. The highest BCUT2D eigenvalue weighted by atomic mass is 32.2. The predicted octanol–water partition coefficient (Wildman–Crippen LogP) is 0.386. The maximum atomic E-state index is 12.2. The normalized spacial score (nSPS) is 12.8. The summed E-state index contributed by atoms with van der Waals surface area (Å²) in [5.74, 6) is -4.73. The van der Waals surface area contributed by atoms with Crippen molar-refractivity contribution in [2.24, 2.45) is 10.8 Å². The fraction of sp³-hybridized carbons (Fsp3) is 0.789. The van der Waals surface area contributed by atoms with Crippen LogP contribution in [0.2, 0.25) is 0 Å². The van der Waals surface area contributed by atoms with Crippen molar-refractivity contribution in [1.29, 1.82) is 0 Å². The van der Waals surface area contributed by atoms with Crippen molar-refractivity contribution in [3.8, 4) is 0 Å². The molecule has 0 aliphatic heterocycles. The maximum Gasteiger partial charge on any atom is 0.325 e. The molecule has 0 radical (unpaired) electrons. The first-order valence-electron chi connectivity index (χ1n) is 10.1. The summed E-state index contributed by atoms with van der Waals surface area (Å²) in [6, 6.07) is 0. The van der Waals surface area contributed by atoms with Gasteiger partial charge in [0, 0.05) is 0 Å². The molecule has 0 unspecified atom stereocenters. The molecule has 14 heteroatoms. The van der Waals surface area contributed by atoms with E-state index in [-0.39, 0.29) is 13.2 Å². The topological polar surface area (TPSA) is 173 Å². The Hall–Kier alpha value is -1.90. The average Bonchev–Trinajstić information content (AvgIpc) is 2.70. The summed E-state index contributed by atoms with van der Waals surface area (Å²) < 4.78 is 67.5. The lowest BCUT2D eigenvalue weighted by molar-refractivity contribution is -0.172. The van der Waals surface area contributed by atoms with Gasteiger partial charge in [0.1, 0.15) is 17.0 Å². The van der Waals surface area contributed by atoms with Gasteiger partial charge >= 0.3 is 11.9 Å². The average molecular weight is 517 g/mol. The third kappa shape index (κ3) is 9.47. The minimum atomic E-state index is -4.35. The van der Waals surface area contributed by atoms with Gasteiger partial charge in [-0.1, -0.05) is 0 Å². The van der Waals surface area contributed by atoms with E-state index < -0.39 is 85.7 Å². The van der Waals surface area contributed by atoms with E-state index in [9.17, 15) is 36.0 Å². The van der Waals surface area contributed by atoms with Crippen molar-refractivity contribution in [2.45, 2.75) is 48.0 Å². The minimum absolute atomic E-state index is 0.0647. The van der Waals surface area contributed by atoms with E-state index in [1.54, 1.807) is 0 Å². The van der Waals surface area contributed by atoms with E-state index in [4.69, 9.17) is 17.8 Å². The number of Topliss-reactive ketones (excluding diaryl/α,β-unsaturated/α-hetero) is 2. The zero-order chi connectivity index (χ0) is 26.1. The van der Waals surface area contributed by atoms with E-state index in [1.165, 1.54) is 20.8 Å². The summed E-state index contributed by atoms with van der Waals surface area (Å²) >= 11 is 0. The van der Waals surface area contributed by atoms with Crippen LogP contribution in [0, 0.1) is 10.8 Å². The molecule has 0 fully saturated rings. The molecule has 0 amide bonds. The molecule has 0 rings (SSSR count). The lowest BCUT2D eigenvalue weighted by Crippen LogP contribution is -2.44. The van der Waals surface area contributed by atoms with Crippen molar-refractivity contribution in [3.63, 3.8) is 0 Å². The molecule has 0 saturated carbocycles. The van der Waals surface area contributed by atoms with Gasteiger partial charge in [-0.2, -0.15) is 16.8 Å². The van der Waals surface area contributed by atoms with Gasteiger partial charge in [0.05, 0.1) is 37.9 Å². The Morgan fingerprint density at radius 1 is 0.667 bits per heavy atom. The van der Waals surface area contributed by atoms with Crippen LogP contribution in [0.5, 0.6) is 0 Å². The Morgan fingerprint density at radius 3 is 1.30 bits per heavy atom. The number of ether oxygens (including phenoxy) is 2. The molecule has 33 heavy (non-hydrogen) atoms. The molecular formula is C19H32O12S2. The number of esters is 2. The SMILES string of the molecule is CCOC(=O)C(C)(COS(=O)(=O)CCCS(=O)(=O)OCC(C)(C(C)=O)C(C)=O)C(=O)OCC. The fourth-order valence-electron chi connectivity index (χ4n) is 2.18. The summed E-state index contributed by atoms with van der Waals surface area (Å²) in [4.78, 5) is 47.6. The maximum absolute atomic E-state index is 12.2. The van der Waals surface area contributed by atoms with Gasteiger partial charge in [-0.25, -0.2) is 0 Å². The van der Waals surface area contributed by atoms with Gasteiger partial charge in [-0.3, -0.25) is 27.5 Å². The molecule has 0 heterocycles. The Bertz CT molecular complexity index is 902. The molecule has 0 aliphatic rings. The van der Waals surface area contributed by atoms with E-state index in [1.807, 2.05) is 0 Å². The van der Waals surface area contributed by atoms with Gasteiger partial charge in [-0.15, -0.1) is 0 Å². The highest BCUT2D eigenvalue weighted by Gasteiger charge is 2.46. The zero-order valence-corrected chi connectivity index (χ0v) is 21.3. The van der Waals surface area contributed by atoms with Crippen LogP contribution in [0.15, 0.2) is 0 Å². The van der Waals surface area contributed by atoms with E-state index in [2.05, 4.69) is 0 Å². The first kappa shape index (κ1) is 31.1. The molecule has 192 valence electrons. The highest BCUT2D eigenvalue weighted by Crippen LogP contribution is 2.23. The summed E-state index contributed by atoms with van der Waals surface area (Å²) in [6.07, 6.45) is -0.447. The minimum Gasteiger partial charge on any atom is -0.465 e. The number of carbonyl (C=O) groups is 4. The van der Waals surface area contributed by atoms with Crippen molar-refractivity contribution < 1.29 is 53.9 Å². The molecule has 12 nitrogen and oxygen atoms in total. The molecule has 0 atom stereocenters. The first-order valence-corrected chi connectivity index (χ1v) is 13.2. The first-order chi connectivity index (χ1) is 15.0. The molecular weight excluding hydrogens is 484 g/mol. The van der Waals surface area contributed by atoms with Crippen molar-refractivity contribution in [3.05, 3.63) is 0 Å². The number of carbonyl (C=O) groups excluding carboxylic acids is 4. The van der Waals surface area contributed by atoms with Crippen LogP contribution < -0.4 is 0 Å². The summed E-state index contributed by atoms with van der Waals surface area (Å²) in [5, 5.41) is 0. The predicted molar refractivity (Wildman–Crippen MR) is 115 cm³/mol. The van der Waals surface area contributed by atoms with Crippen LogP contribution >= 0.6 is 0 Å². The lowest BCUT2D eigenvalue weighted by atomic mass is 9.83. The standard InChI is InChI=1S/C19H32O12S2/c1-7-28-16(22)19(6,17(23)29-8-2)13-31-33(26,27)11-9-10-32(24,25)30-12-18(5,14(3)20)15(4)21/h7-13H2,1-6H3. The smallest absolute Gasteiger partial charge is 0.325 e. The van der Waals surface area contributed by atoms with Crippen LogP contribution in [0.25, 0.3) is 0 Å². The van der Waals surface area contributed by atoms with Gasteiger partial charge in [0.25, 0.3) is 20.2 Å². The Morgan fingerprint density at radius 2 is 1.00 bits per heavy atom. The Kier molecular flexibility index (Phi) is 11.8. The van der Waals surface area contributed by atoms with Crippen LogP contribution in [0.3, 0.4) is 0 Å². The third-order valence-corrected chi connectivity index (χ3v) is 7.38. The second-order valence-electron chi connectivity index (χ2n) is 7.62. The molecule has 0 aliphatic carbocycles. The second-order valence-corrected chi connectivity index (χ2v) is 11.1.